The number of nitrogens with two attached hydrogens (primary N) is 1. The molecule has 10 heteroatoms. The second-order valence-electron chi connectivity index (χ2n) is 19.8. The van der Waals surface area contributed by atoms with E-state index in [4.69, 9.17) is 24.3 Å². The van der Waals surface area contributed by atoms with Gasteiger partial charge in [-0.2, -0.15) is 0 Å². The van der Waals surface area contributed by atoms with Gasteiger partial charge in [-0.05, 0) is 128 Å². The number of carbonyl (C=O) groups is 2. The summed E-state index contributed by atoms with van der Waals surface area (Å²) < 4.78 is 33.0. The number of ether oxygens (including phenoxy) is 2. The molecule has 0 aliphatic heterocycles. The van der Waals surface area contributed by atoms with Crippen molar-refractivity contribution in [2.75, 3.05) is 26.4 Å². The van der Waals surface area contributed by atoms with E-state index in [0.29, 0.717) is 19.3 Å². The lowest BCUT2D eigenvalue weighted by Gasteiger charge is -2.19. The fourth-order valence-corrected chi connectivity index (χ4v) is 8.52. The van der Waals surface area contributed by atoms with E-state index in [2.05, 4.69) is 190 Å². The van der Waals surface area contributed by atoms with Gasteiger partial charge in [0.05, 0.1) is 13.2 Å². The van der Waals surface area contributed by atoms with Gasteiger partial charge >= 0.3 is 19.8 Å². The van der Waals surface area contributed by atoms with Crippen LogP contribution in [0.5, 0.6) is 0 Å². The molecule has 0 bridgehead atoms. The van der Waals surface area contributed by atoms with Crippen LogP contribution in [0.2, 0.25) is 0 Å². The van der Waals surface area contributed by atoms with Crippen molar-refractivity contribution >= 4 is 19.8 Å². The van der Waals surface area contributed by atoms with Gasteiger partial charge in [-0.3, -0.25) is 18.6 Å². The van der Waals surface area contributed by atoms with E-state index in [1.165, 1.54) is 57.8 Å². The molecule has 0 fully saturated rings. The van der Waals surface area contributed by atoms with Gasteiger partial charge in [0, 0.05) is 19.4 Å². The van der Waals surface area contributed by atoms with Crippen molar-refractivity contribution in [3.8, 4) is 0 Å². The Labute approximate surface area is 494 Å². The number of carbonyl (C=O) groups excluding carboxylic acids is 2. The van der Waals surface area contributed by atoms with Gasteiger partial charge in [0.25, 0.3) is 0 Å². The summed E-state index contributed by atoms with van der Waals surface area (Å²) in [6.07, 6.45) is 96.7. The van der Waals surface area contributed by atoms with Gasteiger partial charge in [0.2, 0.25) is 0 Å². The highest BCUT2D eigenvalue weighted by atomic mass is 31.2. The summed E-state index contributed by atoms with van der Waals surface area (Å²) in [5.41, 5.74) is 5.38. The molecule has 0 aliphatic carbocycles. The van der Waals surface area contributed by atoms with Crippen LogP contribution in [0.3, 0.4) is 0 Å². The predicted molar refractivity (Wildman–Crippen MR) is 348 cm³/mol. The second kappa shape index (κ2) is 64.3. The monoisotopic (exact) mass is 1140 g/mol. The summed E-state index contributed by atoms with van der Waals surface area (Å²) in [6, 6.07) is 0. The van der Waals surface area contributed by atoms with Crippen LogP contribution in [0.25, 0.3) is 0 Å². The van der Waals surface area contributed by atoms with Crippen LogP contribution in [-0.2, 0) is 32.7 Å². The lowest BCUT2D eigenvalue weighted by molar-refractivity contribution is -0.161. The minimum Gasteiger partial charge on any atom is -0.462 e. The van der Waals surface area contributed by atoms with Crippen molar-refractivity contribution in [3.63, 3.8) is 0 Å². The molecule has 0 aromatic heterocycles. The van der Waals surface area contributed by atoms with Crippen molar-refractivity contribution in [1.82, 2.24) is 0 Å². The van der Waals surface area contributed by atoms with E-state index < -0.39 is 32.5 Å². The van der Waals surface area contributed by atoms with Gasteiger partial charge in [0.1, 0.15) is 6.61 Å². The number of hydrogen-bond donors (Lipinski definition) is 2. The molecule has 9 nitrogen and oxygen atoms in total. The zero-order valence-corrected chi connectivity index (χ0v) is 51.6. The second-order valence-corrected chi connectivity index (χ2v) is 21.3. The topological polar surface area (TPSA) is 134 Å². The smallest absolute Gasteiger partial charge is 0.462 e. The van der Waals surface area contributed by atoms with Crippen LogP contribution in [0, 0.1) is 0 Å². The molecule has 81 heavy (non-hydrogen) atoms. The number of phosphoric ester groups is 1. The molecule has 0 spiro atoms. The lowest BCUT2D eigenvalue weighted by Crippen LogP contribution is -2.29. The number of rotatable bonds is 56. The van der Waals surface area contributed by atoms with Crippen LogP contribution in [0.4, 0.5) is 0 Å². The molecule has 0 rings (SSSR count). The predicted octanol–water partition coefficient (Wildman–Crippen LogP) is 20.4. The molecule has 0 amide bonds. The molecule has 0 saturated carbocycles. The zero-order valence-electron chi connectivity index (χ0n) is 50.7. The minimum atomic E-state index is -4.42. The Hall–Kier alpha value is -4.89. The van der Waals surface area contributed by atoms with Gasteiger partial charge in [-0.25, -0.2) is 4.57 Å². The highest BCUT2D eigenvalue weighted by Crippen LogP contribution is 2.43. The van der Waals surface area contributed by atoms with Crippen LogP contribution < -0.4 is 5.73 Å². The minimum absolute atomic E-state index is 0.0338. The molecular formula is C71H112NO8P. The zero-order chi connectivity index (χ0) is 58.7. The maximum Gasteiger partial charge on any atom is 0.472 e. The van der Waals surface area contributed by atoms with Crippen LogP contribution in [-0.4, -0.2) is 49.3 Å². The van der Waals surface area contributed by atoms with Gasteiger partial charge in [-0.1, -0.05) is 260 Å². The highest BCUT2D eigenvalue weighted by molar-refractivity contribution is 7.47. The van der Waals surface area contributed by atoms with Gasteiger partial charge in [-0.15, -0.1) is 0 Å². The van der Waals surface area contributed by atoms with E-state index >= 15 is 0 Å². The largest absolute Gasteiger partial charge is 0.472 e. The number of allylic oxidation sites excluding steroid dienone is 30. The van der Waals surface area contributed by atoms with E-state index in [1.54, 1.807) is 0 Å². The maximum absolute atomic E-state index is 12.7. The molecule has 0 aromatic carbocycles. The first-order valence-corrected chi connectivity index (χ1v) is 32.8. The molecular weight excluding hydrogens is 1030 g/mol. The summed E-state index contributed by atoms with van der Waals surface area (Å²) in [7, 11) is -4.42. The number of phosphoric acid groups is 1. The van der Waals surface area contributed by atoms with Crippen molar-refractivity contribution in [2.24, 2.45) is 5.73 Å². The Bertz CT molecular complexity index is 1980. The fraction of sp³-hybridized carbons (Fsp3) is 0.549. The first-order valence-electron chi connectivity index (χ1n) is 31.3. The Morgan fingerprint density at radius 3 is 0.988 bits per heavy atom. The third kappa shape index (κ3) is 64.1. The van der Waals surface area contributed by atoms with Crippen molar-refractivity contribution in [1.29, 1.82) is 0 Å². The maximum atomic E-state index is 12.7. The number of unbranched alkanes of at least 4 members (excludes halogenated alkanes) is 13. The first kappa shape index (κ1) is 76.1. The average molecular weight is 1140 g/mol. The molecule has 0 aromatic rings. The summed E-state index contributed by atoms with van der Waals surface area (Å²) in [5, 5.41) is 0. The summed E-state index contributed by atoms with van der Waals surface area (Å²) in [6.45, 7) is 3.42. The molecule has 3 N–H and O–H groups in total. The standard InChI is InChI=1S/C71H112NO8P/c1-3-5-7-9-11-13-15-17-19-21-23-25-27-29-31-33-34-36-37-39-41-43-45-47-49-51-53-55-57-59-61-63-70(73)77-67-69(68-79-81(75,76)78-66-65-72)80-71(74)64-62-60-58-56-54-52-50-48-46-44-42-40-38-35-32-30-28-26-24-22-20-18-16-14-12-10-8-6-4-2/h5-8,11-14,17-20,23-26,29-32,34,36,38,40,44,46,50,52,56,58,69H,3-4,9-10,15-16,21-22,27-28,33,35,37,39,41-43,45,47-49,51,53-55,57,59-68,72H2,1-2H3,(H,75,76)/b7-5-,8-6-,13-11-,14-12-,19-17-,20-18-,25-23-,26-24-,31-29-,32-30-,36-34-,40-38-,46-44-,52-50-,58-56-. The summed E-state index contributed by atoms with van der Waals surface area (Å²) in [4.78, 5) is 35.2. The molecule has 454 valence electrons. The van der Waals surface area contributed by atoms with Gasteiger partial charge < -0.3 is 20.1 Å². The van der Waals surface area contributed by atoms with Crippen LogP contribution >= 0.6 is 7.82 Å². The molecule has 0 aliphatic rings. The van der Waals surface area contributed by atoms with E-state index in [-0.39, 0.29) is 32.6 Å². The van der Waals surface area contributed by atoms with Gasteiger partial charge in [0.15, 0.2) is 6.10 Å². The van der Waals surface area contributed by atoms with Crippen LogP contribution in [0.1, 0.15) is 219 Å². The molecule has 0 radical (unpaired) electrons. The molecule has 0 saturated heterocycles. The highest BCUT2D eigenvalue weighted by Gasteiger charge is 2.26. The van der Waals surface area contributed by atoms with Crippen molar-refractivity contribution in [2.45, 2.75) is 225 Å². The quantitative estimate of drug-likeness (QED) is 0.0264. The van der Waals surface area contributed by atoms with E-state index in [0.717, 1.165) is 116 Å². The molecule has 2 atom stereocenters. The summed E-state index contributed by atoms with van der Waals surface area (Å²) >= 11 is 0. The number of hydrogen-bond acceptors (Lipinski definition) is 8. The SMILES string of the molecule is CC/C=C\C/C=C\C/C=C\C/C=C\C/C=C\C/C=C\C/C=C\C/C=C\C/C=C\CCCC(=O)OC(COC(=O)CCCCCCCCCCCCCC/C=C\C/C=C\C/C=C\C/C=C\C/C=C\C/C=C\CC)COP(=O)(O)OCCN. The molecule has 2 unspecified atom stereocenters. The number of esters is 2. The van der Waals surface area contributed by atoms with Crippen molar-refractivity contribution < 1.29 is 37.6 Å². The Kier molecular flexibility index (Phi) is 60.4. The molecule has 0 heterocycles. The Balaban J connectivity index is 4.10. The third-order valence-corrected chi connectivity index (χ3v) is 13.3. The summed E-state index contributed by atoms with van der Waals surface area (Å²) in [5.74, 6) is -0.914. The van der Waals surface area contributed by atoms with Crippen molar-refractivity contribution in [3.05, 3.63) is 182 Å². The lowest BCUT2D eigenvalue weighted by atomic mass is 10.0. The third-order valence-electron chi connectivity index (χ3n) is 12.3. The van der Waals surface area contributed by atoms with E-state index in [1.807, 2.05) is 6.08 Å². The van der Waals surface area contributed by atoms with Crippen LogP contribution in [0.15, 0.2) is 182 Å². The average Bonchev–Trinajstić information content (AvgIpc) is 3.46. The van der Waals surface area contributed by atoms with E-state index in [9.17, 15) is 19.0 Å². The normalized spacial score (nSPS) is 14.3. The first-order chi connectivity index (χ1) is 39.8. The Morgan fingerprint density at radius 1 is 0.370 bits per heavy atom. The Morgan fingerprint density at radius 2 is 0.654 bits per heavy atom. The fourth-order valence-electron chi connectivity index (χ4n) is 7.76.